The molecule has 0 saturated heterocycles. The minimum absolute atomic E-state index is 1.12. The smallest absolute Gasteiger partial charge is 0.0322 e. The fraction of sp³-hybridized carbons (Fsp3) is 0.143. The summed E-state index contributed by atoms with van der Waals surface area (Å²) in [5, 5.41) is 0. The monoisotopic (exact) mass is 374 g/mol. The van der Waals surface area contributed by atoms with Gasteiger partial charge in [0, 0.05) is 12.5 Å². The summed E-state index contributed by atoms with van der Waals surface area (Å²) in [6.45, 7) is 2.09. The Balaban J connectivity index is 3.31. The molecule has 3 heteroatoms. The van der Waals surface area contributed by atoms with Crippen LogP contribution < -0.4 is 0 Å². The molecule has 0 saturated carbocycles. The van der Waals surface area contributed by atoms with Gasteiger partial charge in [-0.1, -0.05) is 15.9 Å². The first-order valence-electron chi connectivity index (χ1n) is 2.72. The van der Waals surface area contributed by atoms with Crippen LogP contribution in [-0.4, -0.2) is 0 Å². The second-order valence-electron chi connectivity index (χ2n) is 2.02. The maximum absolute atomic E-state index is 3.46. The van der Waals surface area contributed by atoms with E-state index in [0.717, 1.165) is 8.95 Å². The molecule has 1 aromatic carbocycles. The van der Waals surface area contributed by atoms with Crippen LogP contribution in [0.25, 0.3) is 0 Å². The molecule has 0 N–H and O–H groups in total. The lowest BCUT2D eigenvalue weighted by Crippen LogP contribution is -1.81. The topological polar surface area (TPSA) is 0 Å². The number of rotatable bonds is 0. The summed E-state index contributed by atoms with van der Waals surface area (Å²) in [6.07, 6.45) is 0. The number of hydrogen-bond donors (Lipinski definition) is 0. The van der Waals surface area contributed by atoms with Crippen molar-refractivity contribution in [3.05, 3.63) is 30.2 Å². The predicted octanol–water partition coefficient (Wildman–Crippen LogP) is 4.12. The summed E-state index contributed by atoms with van der Waals surface area (Å²) >= 11 is 9.19. The number of hydrogen-bond acceptors (Lipinski definition) is 0. The lowest BCUT2D eigenvalue weighted by atomic mass is 10.2. The quantitative estimate of drug-likeness (QED) is 0.472. The van der Waals surface area contributed by atoms with E-state index < -0.39 is 0 Å². The minimum atomic E-state index is 1.12. The van der Waals surface area contributed by atoms with Gasteiger partial charge in [0.1, 0.15) is 0 Å². The summed E-state index contributed by atoms with van der Waals surface area (Å²) in [6, 6.07) is 4.15. The molecule has 0 unspecified atom stereocenters. The zero-order valence-electron chi connectivity index (χ0n) is 5.29. The molecule has 0 amide bonds. The van der Waals surface area contributed by atoms with Gasteiger partial charge in [0.25, 0.3) is 0 Å². The van der Waals surface area contributed by atoms with Crippen LogP contribution >= 0.6 is 54.5 Å². The standard InChI is InChI=1S/C7H5Br2I/c1-4-2-5(8)3-6(9)7(4)10/h2-3H,1H3. The summed E-state index contributed by atoms with van der Waals surface area (Å²) < 4.78 is 3.55. The van der Waals surface area contributed by atoms with Crippen LogP contribution in [0.3, 0.4) is 0 Å². The van der Waals surface area contributed by atoms with Crippen molar-refractivity contribution in [3.63, 3.8) is 0 Å². The van der Waals surface area contributed by atoms with Crippen molar-refractivity contribution in [3.8, 4) is 0 Å². The van der Waals surface area contributed by atoms with E-state index in [-0.39, 0.29) is 0 Å². The summed E-state index contributed by atoms with van der Waals surface area (Å²) in [7, 11) is 0. The second-order valence-corrected chi connectivity index (χ2v) is 4.87. The first-order chi connectivity index (χ1) is 4.61. The van der Waals surface area contributed by atoms with Crippen molar-refractivity contribution >= 4 is 54.5 Å². The Morgan fingerprint density at radius 2 is 1.90 bits per heavy atom. The van der Waals surface area contributed by atoms with E-state index in [1.54, 1.807) is 0 Å². The molecule has 0 fully saturated rings. The third kappa shape index (κ3) is 1.95. The zero-order chi connectivity index (χ0) is 7.72. The van der Waals surface area contributed by atoms with Crippen LogP contribution in [0, 0.1) is 10.5 Å². The molecular formula is C7H5Br2I. The first-order valence-corrected chi connectivity index (χ1v) is 5.39. The molecule has 0 aromatic heterocycles. The Labute approximate surface area is 90.8 Å². The third-order valence-electron chi connectivity index (χ3n) is 1.17. The van der Waals surface area contributed by atoms with Gasteiger partial charge in [-0.3, -0.25) is 0 Å². The van der Waals surface area contributed by atoms with Crippen LogP contribution in [0.15, 0.2) is 21.1 Å². The van der Waals surface area contributed by atoms with Crippen molar-refractivity contribution in [1.82, 2.24) is 0 Å². The molecular weight excluding hydrogens is 371 g/mol. The van der Waals surface area contributed by atoms with Gasteiger partial charge in [-0.25, -0.2) is 0 Å². The molecule has 0 nitrogen and oxygen atoms in total. The van der Waals surface area contributed by atoms with Crippen molar-refractivity contribution in [2.24, 2.45) is 0 Å². The van der Waals surface area contributed by atoms with Gasteiger partial charge in [0.2, 0.25) is 0 Å². The predicted molar refractivity (Wildman–Crippen MR) is 59.3 cm³/mol. The van der Waals surface area contributed by atoms with Crippen LogP contribution in [0.5, 0.6) is 0 Å². The normalized spacial score (nSPS) is 10.0. The fourth-order valence-electron chi connectivity index (χ4n) is 0.685. The highest BCUT2D eigenvalue weighted by molar-refractivity contribution is 14.1. The van der Waals surface area contributed by atoms with Crippen molar-refractivity contribution in [2.45, 2.75) is 6.92 Å². The van der Waals surface area contributed by atoms with Gasteiger partial charge in [0.05, 0.1) is 0 Å². The molecule has 0 spiro atoms. The fourth-order valence-corrected chi connectivity index (χ4v) is 2.43. The Hall–Kier alpha value is 0.910. The molecule has 10 heavy (non-hydrogen) atoms. The lowest BCUT2D eigenvalue weighted by Gasteiger charge is -2.00. The van der Waals surface area contributed by atoms with Crippen molar-refractivity contribution in [2.75, 3.05) is 0 Å². The van der Waals surface area contributed by atoms with Gasteiger partial charge < -0.3 is 0 Å². The van der Waals surface area contributed by atoms with Gasteiger partial charge in [-0.2, -0.15) is 0 Å². The van der Waals surface area contributed by atoms with Gasteiger partial charge in [-0.05, 0) is 63.1 Å². The Kier molecular flexibility index (Phi) is 3.19. The van der Waals surface area contributed by atoms with Gasteiger partial charge >= 0.3 is 0 Å². The zero-order valence-corrected chi connectivity index (χ0v) is 10.6. The van der Waals surface area contributed by atoms with E-state index in [9.17, 15) is 0 Å². The Morgan fingerprint density at radius 3 is 2.40 bits per heavy atom. The molecule has 0 bridgehead atoms. The maximum atomic E-state index is 3.46. The van der Waals surface area contributed by atoms with Crippen molar-refractivity contribution < 1.29 is 0 Å². The average Bonchev–Trinajstić information content (AvgIpc) is 1.82. The van der Waals surface area contributed by atoms with Crippen LogP contribution in [0.4, 0.5) is 0 Å². The van der Waals surface area contributed by atoms with Crippen molar-refractivity contribution in [1.29, 1.82) is 0 Å². The Morgan fingerprint density at radius 1 is 1.30 bits per heavy atom. The van der Waals surface area contributed by atoms with E-state index in [1.165, 1.54) is 9.13 Å². The number of halogens is 3. The molecule has 0 aliphatic rings. The second kappa shape index (κ2) is 3.54. The Bertz CT molecular complexity index is 235. The SMILES string of the molecule is Cc1cc(Br)cc(Br)c1I. The number of aryl methyl sites for hydroxylation is 1. The van der Waals surface area contributed by atoms with Gasteiger partial charge in [0.15, 0.2) is 0 Å². The minimum Gasteiger partial charge on any atom is -0.0508 e. The van der Waals surface area contributed by atoms with E-state index in [4.69, 9.17) is 0 Å². The first kappa shape index (κ1) is 9.00. The molecule has 1 aromatic rings. The highest BCUT2D eigenvalue weighted by Crippen LogP contribution is 2.26. The average molecular weight is 376 g/mol. The summed E-state index contributed by atoms with van der Waals surface area (Å²) in [5.74, 6) is 0. The maximum Gasteiger partial charge on any atom is 0.0322 e. The molecule has 0 heterocycles. The lowest BCUT2D eigenvalue weighted by molar-refractivity contribution is 1.38. The van der Waals surface area contributed by atoms with E-state index in [2.05, 4.69) is 73.5 Å². The van der Waals surface area contributed by atoms with Crippen LogP contribution in [0.2, 0.25) is 0 Å². The van der Waals surface area contributed by atoms with Gasteiger partial charge in [-0.15, -0.1) is 0 Å². The van der Waals surface area contributed by atoms with Crippen LogP contribution in [0.1, 0.15) is 5.56 Å². The molecule has 54 valence electrons. The molecule has 0 atom stereocenters. The molecule has 0 aliphatic heterocycles. The van der Waals surface area contributed by atoms with E-state index in [1.807, 2.05) is 0 Å². The largest absolute Gasteiger partial charge is 0.0508 e. The third-order valence-corrected chi connectivity index (χ3v) is 4.43. The van der Waals surface area contributed by atoms with E-state index >= 15 is 0 Å². The molecule has 0 radical (unpaired) electrons. The number of benzene rings is 1. The summed E-state index contributed by atoms with van der Waals surface area (Å²) in [4.78, 5) is 0. The molecule has 0 aliphatic carbocycles. The highest BCUT2D eigenvalue weighted by Gasteiger charge is 2.00. The highest BCUT2D eigenvalue weighted by atomic mass is 127. The van der Waals surface area contributed by atoms with E-state index in [0.29, 0.717) is 0 Å². The summed E-state index contributed by atoms with van der Waals surface area (Å²) in [5.41, 5.74) is 1.29. The molecule has 1 rings (SSSR count). The van der Waals surface area contributed by atoms with Crippen LogP contribution in [-0.2, 0) is 0 Å².